The van der Waals surface area contributed by atoms with Gasteiger partial charge < -0.3 is 36.9 Å². The highest BCUT2D eigenvalue weighted by atomic mass is 32.1. The number of carboxylic acid groups (broad SMARTS) is 2. The second kappa shape index (κ2) is 12.8. The van der Waals surface area contributed by atoms with E-state index in [2.05, 4.69) is 45.9 Å². The molecule has 0 fully saturated rings. The molecule has 1 aromatic rings. The smallest absolute Gasteiger partial charge is 0.326 e. The lowest BCUT2D eigenvalue weighted by Gasteiger charge is -2.23. The lowest BCUT2D eigenvalue weighted by atomic mass is 10.1. The van der Waals surface area contributed by atoms with Crippen LogP contribution in [0.1, 0.15) is 12.1 Å². The summed E-state index contributed by atoms with van der Waals surface area (Å²) in [6.45, 7) is 0. The van der Waals surface area contributed by atoms with Crippen LogP contribution in [0.15, 0.2) is 12.5 Å². The Balaban J connectivity index is 2.70. The van der Waals surface area contributed by atoms with Crippen LogP contribution < -0.4 is 21.7 Å². The summed E-state index contributed by atoms with van der Waals surface area (Å²) in [5.74, 6) is -5.68. The lowest BCUT2D eigenvalue weighted by molar-refractivity contribution is -0.147. The van der Waals surface area contributed by atoms with Gasteiger partial charge in [0.1, 0.15) is 18.1 Å². The summed E-state index contributed by atoms with van der Waals surface area (Å²) in [5.41, 5.74) is 6.43. The largest absolute Gasteiger partial charge is 0.481 e. The molecule has 0 saturated heterocycles. The van der Waals surface area contributed by atoms with Crippen LogP contribution in [0.5, 0.6) is 0 Å². The molecule has 0 aliphatic carbocycles. The van der Waals surface area contributed by atoms with E-state index >= 15 is 0 Å². The molecule has 0 spiro atoms. The van der Waals surface area contributed by atoms with Crippen molar-refractivity contribution in [1.29, 1.82) is 0 Å². The number of carbonyl (C=O) groups excluding carboxylic acids is 3. The van der Waals surface area contributed by atoms with Gasteiger partial charge in [0, 0.05) is 29.8 Å². The van der Waals surface area contributed by atoms with Gasteiger partial charge in [-0.15, -0.1) is 0 Å². The molecule has 172 valence electrons. The van der Waals surface area contributed by atoms with Crippen LogP contribution in [-0.4, -0.2) is 85.5 Å². The van der Waals surface area contributed by atoms with Crippen LogP contribution in [-0.2, 0) is 30.4 Å². The Kier molecular flexibility index (Phi) is 10.8. The fourth-order valence-electron chi connectivity index (χ4n) is 2.31. The summed E-state index contributed by atoms with van der Waals surface area (Å²) in [4.78, 5) is 65.4. The Hall–Kier alpha value is -2.78. The topological polar surface area (TPSA) is 217 Å². The van der Waals surface area contributed by atoms with Gasteiger partial charge in [0.2, 0.25) is 17.7 Å². The highest BCUT2D eigenvalue weighted by Crippen LogP contribution is 2.00. The third-order valence-electron chi connectivity index (χ3n) is 3.96. The number of hydrogen-bond donors (Lipinski definition) is 9. The number of nitrogens with zero attached hydrogens (tertiary/aromatic N) is 1. The zero-order chi connectivity index (χ0) is 23.6. The fourth-order valence-corrected chi connectivity index (χ4v) is 2.83. The van der Waals surface area contributed by atoms with Gasteiger partial charge in [0.15, 0.2) is 0 Å². The number of aromatic amines is 1. The summed E-state index contributed by atoms with van der Waals surface area (Å²) in [6.07, 6.45) is 2.23. The van der Waals surface area contributed by atoms with Gasteiger partial charge in [-0.3, -0.25) is 19.2 Å². The maximum Gasteiger partial charge on any atom is 0.326 e. The molecule has 13 nitrogen and oxygen atoms in total. The highest BCUT2D eigenvalue weighted by Gasteiger charge is 2.30. The van der Waals surface area contributed by atoms with E-state index in [0.717, 1.165) is 0 Å². The Morgan fingerprint density at radius 2 is 1.48 bits per heavy atom. The Bertz CT molecular complexity index is 791. The third-order valence-corrected chi connectivity index (χ3v) is 4.69. The predicted octanol–water partition coefficient (Wildman–Crippen LogP) is -2.85. The number of rotatable bonds is 13. The van der Waals surface area contributed by atoms with Crippen molar-refractivity contribution in [3.63, 3.8) is 0 Å². The Labute approximate surface area is 187 Å². The van der Waals surface area contributed by atoms with Crippen molar-refractivity contribution >= 4 is 54.9 Å². The van der Waals surface area contributed by atoms with E-state index in [1.807, 2.05) is 5.32 Å². The van der Waals surface area contributed by atoms with Gasteiger partial charge in [-0.2, -0.15) is 25.3 Å². The average molecular weight is 477 g/mol. The first-order valence-electron chi connectivity index (χ1n) is 8.89. The molecule has 0 saturated carbocycles. The van der Waals surface area contributed by atoms with Crippen molar-refractivity contribution in [3.8, 4) is 0 Å². The molecule has 31 heavy (non-hydrogen) atoms. The molecule has 4 unspecified atom stereocenters. The van der Waals surface area contributed by atoms with Crippen LogP contribution in [0.3, 0.4) is 0 Å². The molecule has 0 aliphatic heterocycles. The van der Waals surface area contributed by atoms with Gasteiger partial charge in [-0.1, -0.05) is 0 Å². The maximum absolute atomic E-state index is 12.5. The first kappa shape index (κ1) is 26.3. The SMILES string of the molecule is NC(Cc1cnc[nH]1)C(=O)NC(CS)C(=O)NC(CS)C(=O)NC(CC(=O)O)C(=O)O. The number of aliphatic carboxylic acids is 2. The van der Waals surface area contributed by atoms with Crippen LogP contribution >= 0.6 is 25.3 Å². The van der Waals surface area contributed by atoms with Crippen LogP contribution in [0, 0.1) is 0 Å². The minimum atomic E-state index is -1.69. The van der Waals surface area contributed by atoms with Crippen molar-refractivity contribution in [2.75, 3.05) is 11.5 Å². The lowest BCUT2D eigenvalue weighted by Crippen LogP contribution is -2.58. The van der Waals surface area contributed by atoms with Crippen molar-refractivity contribution in [3.05, 3.63) is 18.2 Å². The first-order chi connectivity index (χ1) is 14.6. The Morgan fingerprint density at radius 1 is 0.968 bits per heavy atom. The van der Waals surface area contributed by atoms with Gasteiger partial charge in [-0.05, 0) is 0 Å². The van der Waals surface area contributed by atoms with Gasteiger partial charge >= 0.3 is 11.9 Å². The van der Waals surface area contributed by atoms with Crippen LogP contribution in [0.2, 0.25) is 0 Å². The molecule has 8 N–H and O–H groups in total. The summed E-state index contributed by atoms with van der Waals surface area (Å²) >= 11 is 7.96. The molecule has 0 radical (unpaired) electrons. The van der Waals surface area contributed by atoms with E-state index in [1.165, 1.54) is 12.5 Å². The van der Waals surface area contributed by atoms with E-state index < -0.39 is 60.2 Å². The molecule has 1 heterocycles. The number of nitrogens with one attached hydrogen (secondary N) is 4. The molecular formula is C16H24N6O7S2. The zero-order valence-corrected chi connectivity index (χ0v) is 17.9. The van der Waals surface area contributed by atoms with Crippen LogP contribution in [0.25, 0.3) is 0 Å². The molecule has 0 aromatic carbocycles. The number of carboxylic acids is 2. The maximum atomic E-state index is 12.5. The number of carbonyl (C=O) groups is 5. The summed E-state index contributed by atoms with van der Waals surface area (Å²) in [6, 6.07) is -5.10. The normalized spacial score (nSPS) is 14.5. The molecule has 0 aliphatic rings. The summed E-state index contributed by atoms with van der Waals surface area (Å²) in [7, 11) is 0. The molecule has 0 bridgehead atoms. The van der Waals surface area contributed by atoms with E-state index in [4.69, 9.17) is 15.9 Å². The quantitative estimate of drug-likeness (QED) is 0.134. The van der Waals surface area contributed by atoms with E-state index in [-0.39, 0.29) is 17.9 Å². The number of aromatic nitrogens is 2. The van der Waals surface area contributed by atoms with Gasteiger partial charge in [0.25, 0.3) is 0 Å². The van der Waals surface area contributed by atoms with Crippen molar-refractivity contribution < 1.29 is 34.2 Å². The van der Waals surface area contributed by atoms with E-state index in [0.29, 0.717) is 5.69 Å². The standard InChI is InChI=1S/C16H24N6O7S2/c17-8(1-7-3-18-6-19-7)13(25)21-10(4-30)15(27)22-11(5-31)14(26)20-9(16(28)29)2-12(23)24/h3,6,8-11,30-31H,1-2,4-5,17H2,(H,18,19)(H,20,26)(H,21,25)(H,22,27)(H,23,24)(H,28,29). The average Bonchev–Trinajstić information content (AvgIpc) is 3.21. The summed E-state index contributed by atoms with van der Waals surface area (Å²) < 4.78 is 0. The number of hydrogen-bond acceptors (Lipinski definition) is 9. The number of imidazole rings is 1. The Morgan fingerprint density at radius 3 is 1.90 bits per heavy atom. The molecule has 1 rings (SSSR count). The van der Waals surface area contributed by atoms with Crippen molar-refractivity contribution in [1.82, 2.24) is 25.9 Å². The molecule has 3 amide bonds. The third kappa shape index (κ3) is 8.85. The molecule has 1 aromatic heterocycles. The van der Waals surface area contributed by atoms with E-state index in [1.54, 1.807) is 0 Å². The van der Waals surface area contributed by atoms with Crippen molar-refractivity contribution in [2.24, 2.45) is 5.73 Å². The number of thiol groups is 2. The van der Waals surface area contributed by atoms with Crippen molar-refractivity contribution in [2.45, 2.75) is 37.0 Å². The minimum absolute atomic E-state index is 0.119. The second-order valence-electron chi connectivity index (χ2n) is 6.37. The minimum Gasteiger partial charge on any atom is -0.481 e. The van der Waals surface area contributed by atoms with Gasteiger partial charge in [0.05, 0.1) is 18.8 Å². The molecular weight excluding hydrogens is 452 g/mol. The number of amides is 3. The van der Waals surface area contributed by atoms with Gasteiger partial charge in [-0.25, -0.2) is 9.78 Å². The zero-order valence-electron chi connectivity index (χ0n) is 16.1. The predicted molar refractivity (Wildman–Crippen MR) is 114 cm³/mol. The molecule has 15 heteroatoms. The van der Waals surface area contributed by atoms with Crippen LogP contribution in [0.4, 0.5) is 0 Å². The molecule has 4 atom stereocenters. The number of nitrogens with two attached hydrogens (primary N) is 1. The summed E-state index contributed by atoms with van der Waals surface area (Å²) in [5, 5.41) is 24.5. The fraction of sp³-hybridized carbons (Fsp3) is 0.500. The van der Waals surface area contributed by atoms with E-state index in [9.17, 15) is 24.0 Å². The first-order valence-corrected chi connectivity index (χ1v) is 10.2. The highest BCUT2D eigenvalue weighted by molar-refractivity contribution is 7.80. The monoisotopic (exact) mass is 476 g/mol. The second-order valence-corrected chi connectivity index (χ2v) is 7.10. The number of H-pyrrole nitrogens is 1.